The summed E-state index contributed by atoms with van der Waals surface area (Å²) in [6.07, 6.45) is 0. The lowest BCUT2D eigenvalue weighted by atomic mass is 10.1. The molecule has 0 aliphatic heterocycles. The van der Waals surface area contributed by atoms with Crippen LogP contribution < -0.4 is 24.3 Å². The molecule has 6 nitrogen and oxygen atoms in total. The molecular formula is C25H26ClNO5. The summed E-state index contributed by atoms with van der Waals surface area (Å²) < 4.78 is 22.0. The molecule has 0 aliphatic rings. The van der Waals surface area contributed by atoms with Gasteiger partial charge in [-0.15, -0.1) is 0 Å². The maximum atomic E-state index is 13.0. The zero-order valence-electron chi connectivity index (χ0n) is 18.7. The smallest absolute Gasteiger partial charge is 0.255 e. The fraction of sp³-hybridized carbons (Fsp3) is 0.240. The van der Waals surface area contributed by atoms with Gasteiger partial charge in [-0.3, -0.25) is 4.79 Å². The highest BCUT2D eigenvalue weighted by Gasteiger charge is 2.16. The van der Waals surface area contributed by atoms with Crippen molar-refractivity contribution in [2.45, 2.75) is 20.5 Å². The van der Waals surface area contributed by atoms with E-state index >= 15 is 0 Å². The highest BCUT2D eigenvalue weighted by atomic mass is 35.5. The molecule has 0 fully saturated rings. The molecule has 7 heteroatoms. The van der Waals surface area contributed by atoms with E-state index in [-0.39, 0.29) is 12.5 Å². The van der Waals surface area contributed by atoms with Crippen LogP contribution in [0.5, 0.6) is 23.0 Å². The van der Waals surface area contributed by atoms with Crippen molar-refractivity contribution >= 4 is 23.2 Å². The zero-order chi connectivity index (χ0) is 23.3. The predicted molar refractivity (Wildman–Crippen MR) is 126 cm³/mol. The molecule has 168 valence electrons. The summed E-state index contributed by atoms with van der Waals surface area (Å²) in [6.45, 7) is 4.29. The first kappa shape index (κ1) is 23.3. The minimum Gasteiger partial charge on any atom is -0.496 e. The van der Waals surface area contributed by atoms with Crippen LogP contribution in [0, 0.1) is 13.8 Å². The first-order valence-electron chi connectivity index (χ1n) is 9.95. The summed E-state index contributed by atoms with van der Waals surface area (Å²) in [5.74, 6) is 1.94. The first-order chi connectivity index (χ1) is 15.3. The molecule has 3 rings (SSSR count). The number of amides is 1. The van der Waals surface area contributed by atoms with Crippen LogP contribution in [0.2, 0.25) is 5.02 Å². The van der Waals surface area contributed by atoms with Gasteiger partial charge >= 0.3 is 0 Å². The monoisotopic (exact) mass is 455 g/mol. The Labute approximate surface area is 193 Å². The Morgan fingerprint density at radius 3 is 2.12 bits per heavy atom. The summed E-state index contributed by atoms with van der Waals surface area (Å²) in [6, 6.07) is 14.4. The second kappa shape index (κ2) is 10.3. The summed E-state index contributed by atoms with van der Waals surface area (Å²) in [4.78, 5) is 13.0. The van der Waals surface area contributed by atoms with Crippen LogP contribution in [0.4, 0.5) is 5.69 Å². The molecule has 0 unspecified atom stereocenters. The lowest BCUT2D eigenvalue weighted by Gasteiger charge is -2.15. The number of nitrogens with one attached hydrogen (secondary N) is 1. The van der Waals surface area contributed by atoms with Crippen molar-refractivity contribution in [2.75, 3.05) is 26.6 Å². The largest absolute Gasteiger partial charge is 0.496 e. The summed E-state index contributed by atoms with van der Waals surface area (Å²) >= 11 is 6.15. The number of aryl methyl sites for hydroxylation is 2. The third-order valence-corrected chi connectivity index (χ3v) is 5.15. The van der Waals surface area contributed by atoms with Gasteiger partial charge in [0.05, 0.1) is 32.0 Å². The third-order valence-electron chi connectivity index (χ3n) is 4.85. The molecule has 0 spiro atoms. The molecule has 1 amide bonds. The Bertz CT molecular complexity index is 1110. The first-order valence-corrected chi connectivity index (χ1v) is 10.3. The van der Waals surface area contributed by atoms with E-state index in [0.29, 0.717) is 33.5 Å². The average molecular weight is 456 g/mol. The molecule has 0 aliphatic carbocycles. The Kier molecular flexibility index (Phi) is 7.49. The van der Waals surface area contributed by atoms with Gasteiger partial charge in [0.25, 0.3) is 5.91 Å². The van der Waals surface area contributed by atoms with Crippen molar-refractivity contribution in [3.63, 3.8) is 0 Å². The summed E-state index contributed by atoms with van der Waals surface area (Å²) in [5, 5.41) is 3.24. The number of methoxy groups -OCH3 is 3. The number of carbonyl (C=O) groups is 1. The van der Waals surface area contributed by atoms with Gasteiger partial charge in [-0.2, -0.15) is 0 Å². The Morgan fingerprint density at radius 1 is 0.844 bits per heavy atom. The van der Waals surface area contributed by atoms with E-state index in [1.807, 2.05) is 26.0 Å². The predicted octanol–water partition coefficient (Wildman–Crippen LogP) is 5.81. The molecule has 1 N–H and O–H groups in total. The molecule has 0 saturated carbocycles. The van der Waals surface area contributed by atoms with Crippen molar-refractivity contribution < 1.29 is 23.7 Å². The number of hydrogen-bond donors (Lipinski definition) is 1. The van der Waals surface area contributed by atoms with Crippen molar-refractivity contribution in [2.24, 2.45) is 0 Å². The summed E-state index contributed by atoms with van der Waals surface area (Å²) in [5.41, 5.74) is 3.88. The lowest BCUT2D eigenvalue weighted by molar-refractivity contribution is 0.102. The molecule has 0 aromatic heterocycles. The molecule has 3 aromatic rings. The van der Waals surface area contributed by atoms with Crippen LogP contribution in [-0.2, 0) is 6.61 Å². The SMILES string of the molecule is COc1cc(NC(=O)c2ccc(OC)c(COc3cc(C)cc(C)c3)c2)c(OC)cc1Cl. The van der Waals surface area contributed by atoms with Crippen LogP contribution in [0.1, 0.15) is 27.0 Å². The summed E-state index contributed by atoms with van der Waals surface area (Å²) in [7, 11) is 4.59. The van der Waals surface area contributed by atoms with Gasteiger partial charge in [0.15, 0.2) is 0 Å². The van der Waals surface area contributed by atoms with Gasteiger partial charge in [0, 0.05) is 23.3 Å². The van der Waals surface area contributed by atoms with E-state index < -0.39 is 0 Å². The van der Waals surface area contributed by atoms with Crippen LogP contribution in [-0.4, -0.2) is 27.2 Å². The second-order valence-electron chi connectivity index (χ2n) is 7.28. The minimum atomic E-state index is -0.317. The molecule has 0 heterocycles. The average Bonchev–Trinajstić information content (AvgIpc) is 2.77. The number of ether oxygens (including phenoxy) is 4. The highest BCUT2D eigenvalue weighted by molar-refractivity contribution is 6.32. The third kappa shape index (κ3) is 5.45. The van der Waals surface area contributed by atoms with Crippen LogP contribution in [0.3, 0.4) is 0 Å². The molecule has 3 aromatic carbocycles. The van der Waals surface area contributed by atoms with Crippen LogP contribution >= 0.6 is 11.6 Å². The van der Waals surface area contributed by atoms with Crippen LogP contribution in [0.25, 0.3) is 0 Å². The normalized spacial score (nSPS) is 10.4. The van der Waals surface area contributed by atoms with E-state index in [0.717, 1.165) is 22.4 Å². The number of benzene rings is 3. The fourth-order valence-corrected chi connectivity index (χ4v) is 3.59. The van der Waals surface area contributed by atoms with Crippen molar-refractivity contribution in [3.05, 3.63) is 75.8 Å². The lowest BCUT2D eigenvalue weighted by Crippen LogP contribution is -2.14. The van der Waals surface area contributed by atoms with E-state index in [1.165, 1.54) is 14.2 Å². The topological polar surface area (TPSA) is 66.0 Å². The second-order valence-corrected chi connectivity index (χ2v) is 7.69. The number of rotatable bonds is 8. The number of anilines is 1. The Morgan fingerprint density at radius 2 is 1.50 bits per heavy atom. The van der Waals surface area contributed by atoms with E-state index in [4.69, 9.17) is 30.5 Å². The van der Waals surface area contributed by atoms with E-state index in [9.17, 15) is 4.79 Å². The number of carbonyl (C=O) groups excluding carboxylic acids is 1. The highest BCUT2D eigenvalue weighted by Crippen LogP contribution is 2.36. The fourth-order valence-electron chi connectivity index (χ4n) is 3.36. The standard InChI is InChI=1S/C25H26ClNO5/c1-15-8-16(2)10-19(9-15)32-14-18-11-17(6-7-22(18)29-3)25(28)27-21-13-23(30-4)20(26)12-24(21)31-5/h6-13H,14H2,1-5H3,(H,27,28). The molecule has 0 saturated heterocycles. The van der Waals surface area contributed by atoms with Crippen molar-refractivity contribution in [1.29, 1.82) is 0 Å². The van der Waals surface area contributed by atoms with Crippen LogP contribution in [0.15, 0.2) is 48.5 Å². The molecular weight excluding hydrogens is 430 g/mol. The maximum Gasteiger partial charge on any atom is 0.255 e. The van der Waals surface area contributed by atoms with E-state index in [1.54, 1.807) is 37.4 Å². The molecule has 0 radical (unpaired) electrons. The molecule has 0 bridgehead atoms. The van der Waals surface area contributed by atoms with E-state index in [2.05, 4.69) is 11.4 Å². The minimum absolute atomic E-state index is 0.255. The van der Waals surface area contributed by atoms with Gasteiger partial charge in [-0.05, 0) is 55.3 Å². The Balaban J connectivity index is 1.83. The number of hydrogen-bond acceptors (Lipinski definition) is 5. The van der Waals surface area contributed by atoms with Gasteiger partial charge in [0.1, 0.15) is 29.6 Å². The maximum absolute atomic E-state index is 13.0. The van der Waals surface area contributed by atoms with Gasteiger partial charge in [0.2, 0.25) is 0 Å². The molecule has 0 atom stereocenters. The zero-order valence-corrected chi connectivity index (χ0v) is 19.5. The Hall–Kier alpha value is -3.38. The van der Waals surface area contributed by atoms with Gasteiger partial charge in [-0.1, -0.05) is 17.7 Å². The van der Waals surface area contributed by atoms with Crippen molar-refractivity contribution in [1.82, 2.24) is 0 Å². The van der Waals surface area contributed by atoms with Crippen molar-refractivity contribution in [3.8, 4) is 23.0 Å². The molecule has 32 heavy (non-hydrogen) atoms. The van der Waals surface area contributed by atoms with Gasteiger partial charge < -0.3 is 24.3 Å². The van der Waals surface area contributed by atoms with Gasteiger partial charge in [-0.25, -0.2) is 0 Å². The number of halogens is 1. The quantitative estimate of drug-likeness (QED) is 0.464.